The zero-order chi connectivity index (χ0) is 27.6. The van der Waals surface area contributed by atoms with Gasteiger partial charge in [-0.05, 0) is 48.6 Å². The van der Waals surface area contributed by atoms with Crippen molar-refractivity contribution in [2.24, 2.45) is 5.92 Å². The summed E-state index contributed by atoms with van der Waals surface area (Å²) in [5, 5.41) is 25.6. The number of likely N-dealkylation sites (tertiary alicyclic amines) is 1. The number of phenolic OH excluding ortho intramolecular Hbond substituents is 1. The van der Waals surface area contributed by atoms with Gasteiger partial charge in [-0.3, -0.25) is 9.69 Å². The number of aromatic nitrogens is 1. The van der Waals surface area contributed by atoms with E-state index >= 15 is 0 Å². The van der Waals surface area contributed by atoms with E-state index in [0.29, 0.717) is 25.1 Å². The third-order valence-corrected chi connectivity index (χ3v) is 8.48. The van der Waals surface area contributed by atoms with Crippen LogP contribution in [0.1, 0.15) is 49.3 Å². The normalized spacial score (nSPS) is 24.1. The lowest BCUT2D eigenvalue weighted by atomic mass is 9.66. The fourth-order valence-corrected chi connectivity index (χ4v) is 6.52. The number of hydrogen-bond acceptors (Lipinski definition) is 7. The zero-order valence-electron chi connectivity index (χ0n) is 22.5. The van der Waals surface area contributed by atoms with Gasteiger partial charge in [0.25, 0.3) is 0 Å². The van der Waals surface area contributed by atoms with E-state index in [4.69, 9.17) is 9.47 Å². The standard InChI is InChI=1S/C30H37N3O6/c1-38-26-16-19(10-11-25(26)34)28-22-8-5-6-12-30(22,37)13-14-33(28)18-27(35)32-24(29(36)39-2)15-20-17-31-23-9-4-3-7-21(20)23/h3-4,7,9-11,16-17,22,24,28,31,34,37H,5-6,8,12-15,18H2,1-2H3,(H,32,35)/t22-,24+,28+,30-/m1/s1. The average Bonchev–Trinajstić information content (AvgIpc) is 3.35. The molecule has 4 atom stereocenters. The number of ether oxygens (including phenoxy) is 2. The van der Waals surface area contributed by atoms with Crippen molar-refractivity contribution in [2.45, 2.75) is 56.2 Å². The predicted molar refractivity (Wildman–Crippen MR) is 146 cm³/mol. The molecule has 9 heteroatoms. The molecule has 1 aromatic heterocycles. The number of nitrogens with zero attached hydrogens (tertiary/aromatic N) is 1. The van der Waals surface area contributed by atoms with Crippen LogP contribution in [0.5, 0.6) is 11.5 Å². The van der Waals surface area contributed by atoms with Crippen LogP contribution in [-0.2, 0) is 20.7 Å². The lowest BCUT2D eigenvalue weighted by Crippen LogP contribution is -2.57. The Hall–Kier alpha value is -3.56. The van der Waals surface area contributed by atoms with Crippen molar-refractivity contribution < 1.29 is 29.3 Å². The SMILES string of the molecule is COC(=O)[C@H](Cc1c[nH]c2ccccc12)NC(=O)CN1CC[C@]2(O)CCCC[C@@H]2[C@@H]1c1ccc(O)c(OC)c1. The maximum atomic E-state index is 13.4. The minimum absolute atomic E-state index is 0.0402. The second kappa shape index (κ2) is 11.3. The molecule has 1 saturated carbocycles. The van der Waals surface area contributed by atoms with Crippen LogP contribution in [0, 0.1) is 5.92 Å². The van der Waals surface area contributed by atoms with Gasteiger partial charge in [0.05, 0.1) is 26.4 Å². The highest BCUT2D eigenvalue weighted by atomic mass is 16.5. The van der Waals surface area contributed by atoms with Crippen molar-refractivity contribution in [1.82, 2.24) is 15.2 Å². The molecule has 1 amide bonds. The number of esters is 1. The van der Waals surface area contributed by atoms with Gasteiger partial charge in [0, 0.05) is 42.0 Å². The summed E-state index contributed by atoms with van der Waals surface area (Å²) in [6.07, 6.45) is 6.29. The molecule has 3 aromatic rings. The first kappa shape index (κ1) is 27.0. The van der Waals surface area contributed by atoms with Crippen LogP contribution in [0.2, 0.25) is 0 Å². The van der Waals surface area contributed by atoms with Crippen LogP contribution >= 0.6 is 0 Å². The van der Waals surface area contributed by atoms with Gasteiger partial charge in [-0.2, -0.15) is 0 Å². The van der Waals surface area contributed by atoms with Gasteiger partial charge in [-0.1, -0.05) is 37.1 Å². The van der Waals surface area contributed by atoms with Crippen molar-refractivity contribution in [3.05, 3.63) is 59.8 Å². The number of para-hydroxylation sites is 1. The van der Waals surface area contributed by atoms with E-state index < -0.39 is 17.6 Å². The van der Waals surface area contributed by atoms with Crippen LogP contribution in [0.3, 0.4) is 0 Å². The molecule has 4 N–H and O–H groups in total. The van der Waals surface area contributed by atoms with E-state index in [1.807, 2.05) is 36.5 Å². The molecular weight excluding hydrogens is 498 g/mol. The number of methoxy groups -OCH3 is 2. The van der Waals surface area contributed by atoms with E-state index in [9.17, 15) is 19.8 Å². The molecule has 2 heterocycles. The van der Waals surface area contributed by atoms with Gasteiger partial charge >= 0.3 is 5.97 Å². The molecule has 0 unspecified atom stereocenters. The lowest BCUT2D eigenvalue weighted by molar-refractivity contribution is -0.146. The Balaban J connectivity index is 1.38. The number of carbonyl (C=O) groups is 2. The minimum Gasteiger partial charge on any atom is -0.504 e. The summed E-state index contributed by atoms with van der Waals surface area (Å²) in [4.78, 5) is 31.4. The monoisotopic (exact) mass is 535 g/mol. The van der Waals surface area contributed by atoms with E-state index in [1.165, 1.54) is 14.2 Å². The Morgan fingerprint density at radius 1 is 1.18 bits per heavy atom. The fourth-order valence-electron chi connectivity index (χ4n) is 6.52. The van der Waals surface area contributed by atoms with Crippen LogP contribution in [0.4, 0.5) is 0 Å². The van der Waals surface area contributed by atoms with E-state index in [1.54, 1.807) is 12.1 Å². The summed E-state index contributed by atoms with van der Waals surface area (Å²) in [6.45, 7) is 0.585. The summed E-state index contributed by atoms with van der Waals surface area (Å²) >= 11 is 0. The van der Waals surface area contributed by atoms with Crippen molar-refractivity contribution in [1.29, 1.82) is 0 Å². The molecule has 208 valence electrons. The van der Waals surface area contributed by atoms with E-state index in [-0.39, 0.29) is 30.2 Å². The molecule has 0 spiro atoms. The van der Waals surface area contributed by atoms with Gasteiger partial charge in [0.1, 0.15) is 6.04 Å². The number of amides is 1. The topological polar surface area (TPSA) is 124 Å². The lowest BCUT2D eigenvalue weighted by Gasteiger charge is -2.52. The highest BCUT2D eigenvalue weighted by Gasteiger charge is 2.49. The molecule has 0 radical (unpaired) electrons. The number of aromatic hydroxyl groups is 1. The highest BCUT2D eigenvalue weighted by Crippen LogP contribution is 2.50. The summed E-state index contributed by atoms with van der Waals surface area (Å²) in [5.41, 5.74) is 1.96. The number of rotatable bonds is 8. The third kappa shape index (κ3) is 5.46. The number of benzene rings is 2. The summed E-state index contributed by atoms with van der Waals surface area (Å²) < 4.78 is 10.4. The van der Waals surface area contributed by atoms with Gasteiger partial charge in [0.2, 0.25) is 5.91 Å². The third-order valence-electron chi connectivity index (χ3n) is 8.48. The predicted octanol–water partition coefficient (Wildman–Crippen LogP) is 3.45. The Bertz CT molecular complexity index is 1340. The summed E-state index contributed by atoms with van der Waals surface area (Å²) in [7, 11) is 2.82. The average molecular weight is 536 g/mol. The largest absolute Gasteiger partial charge is 0.504 e. The van der Waals surface area contributed by atoms with Crippen molar-refractivity contribution in [2.75, 3.05) is 27.3 Å². The number of aliphatic hydroxyl groups is 1. The summed E-state index contributed by atoms with van der Waals surface area (Å²) in [5.74, 6) is -0.467. The number of carbonyl (C=O) groups excluding carboxylic acids is 2. The number of fused-ring (bicyclic) bond motifs is 2. The molecule has 2 aliphatic rings. The molecule has 2 fully saturated rings. The molecule has 1 aliphatic carbocycles. The van der Waals surface area contributed by atoms with E-state index in [0.717, 1.165) is 47.7 Å². The first-order chi connectivity index (χ1) is 18.8. The van der Waals surface area contributed by atoms with Gasteiger partial charge in [-0.15, -0.1) is 0 Å². The quantitative estimate of drug-likeness (QED) is 0.326. The van der Waals surface area contributed by atoms with Crippen LogP contribution in [-0.4, -0.2) is 70.9 Å². The Morgan fingerprint density at radius 2 is 2.00 bits per heavy atom. The number of phenols is 1. The smallest absolute Gasteiger partial charge is 0.328 e. The number of nitrogens with one attached hydrogen (secondary N) is 2. The van der Waals surface area contributed by atoms with Crippen molar-refractivity contribution in [3.8, 4) is 11.5 Å². The second-order valence-electron chi connectivity index (χ2n) is 10.8. The molecular formula is C30H37N3O6. The molecule has 9 nitrogen and oxygen atoms in total. The molecule has 2 aromatic carbocycles. The van der Waals surface area contributed by atoms with Gasteiger partial charge < -0.3 is 30.0 Å². The van der Waals surface area contributed by atoms with Gasteiger partial charge in [-0.25, -0.2) is 4.79 Å². The van der Waals surface area contributed by atoms with Crippen molar-refractivity contribution >= 4 is 22.8 Å². The van der Waals surface area contributed by atoms with Crippen molar-refractivity contribution in [3.63, 3.8) is 0 Å². The van der Waals surface area contributed by atoms with E-state index in [2.05, 4.69) is 15.2 Å². The molecule has 1 aliphatic heterocycles. The van der Waals surface area contributed by atoms with Crippen LogP contribution in [0.25, 0.3) is 10.9 Å². The highest BCUT2D eigenvalue weighted by molar-refractivity contribution is 5.88. The molecule has 5 rings (SSSR count). The van der Waals surface area contributed by atoms with Gasteiger partial charge in [0.15, 0.2) is 11.5 Å². The maximum absolute atomic E-state index is 13.4. The number of H-pyrrole nitrogens is 1. The Labute approximate surface area is 228 Å². The summed E-state index contributed by atoms with van der Waals surface area (Å²) in [6, 6.07) is 12.0. The fraction of sp³-hybridized carbons (Fsp3) is 0.467. The number of hydrogen-bond donors (Lipinski definition) is 4. The maximum Gasteiger partial charge on any atom is 0.328 e. The second-order valence-corrected chi connectivity index (χ2v) is 10.8. The first-order valence-corrected chi connectivity index (χ1v) is 13.6. The minimum atomic E-state index is -0.842. The zero-order valence-corrected chi connectivity index (χ0v) is 22.5. The molecule has 1 saturated heterocycles. The first-order valence-electron chi connectivity index (χ1n) is 13.6. The Morgan fingerprint density at radius 3 is 2.79 bits per heavy atom. The molecule has 0 bridgehead atoms. The number of aromatic amines is 1. The number of piperidine rings is 1. The Kier molecular flexibility index (Phi) is 7.81. The molecule has 39 heavy (non-hydrogen) atoms. The van der Waals surface area contributed by atoms with Crippen LogP contribution < -0.4 is 10.1 Å². The van der Waals surface area contributed by atoms with Crippen LogP contribution in [0.15, 0.2) is 48.7 Å².